The molecule has 4 rings (SSSR count). The van der Waals surface area contributed by atoms with Crippen LogP contribution in [0.3, 0.4) is 0 Å². The summed E-state index contributed by atoms with van der Waals surface area (Å²) in [6.07, 6.45) is 4.79. The fourth-order valence-electron chi connectivity index (χ4n) is 4.31. The quantitative estimate of drug-likeness (QED) is 0.684. The minimum Gasteiger partial charge on any atom is -0.363 e. The average Bonchev–Trinajstić information content (AvgIpc) is 3.25. The van der Waals surface area contributed by atoms with E-state index in [0.29, 0.717) is 0 Å². The van der Waals surface area contributed by atoms with Gasteiger partial charge in [0.05, 0.1) is 9.88 Å². The summed E-state index contributed by atoms with van der Waals surface area (Å²) in [6.45, 7) is 8.53. The maximum atomic E-state index is 12.9. The number of hydrogen-bond acceptors (Lipinski definition) is 5. The number of likely N-dealkylation sites (N-methyl/N-ethyl adjacent to an activating group) is 1. The Morgan fingerprint density at radius 2 is 1.73 bits per heavy atom. The van der Waals surface area contributed by atoms with E-state index in [4.69, 9.17) is 0 Å². The first-order chi connectivity index (χ1) is 14.7. The van der Waals surface area contributed by atoms with Gasteiger partial charge >= 0.3 is 0 Å². The van der Waals surface area contributed by atoms with Gasteiger partial charge in [-0.05, 0) is 50.9 Å². The van der Waals surface area contributed by atoms with Crippen molar-refractivity contribution in [2.75, 3.05) is 64.3 Å². The highest BCUT2D eigenvalue weighted by molar-refractivity contribution is 7.18. The Morgan fingerprint density at radius 1 is 1.00 bits per heavy atom. The van der Waals surface area contributed by atoms with Crippen molar-refractivity contribution in [3.8, 4) is 11.1 Å². The number of nitrogens with one attached hydrogen (secondary N) is 1. The minimum absolute atomic E-state index is 0.0684. The van der Waals surface area contributed by atoms with Crippen molar-refractivity contribution >= 4 is 22.2 Å². The Kier molecular flexibility index (Phi) is 7.42. The van der Waals surface area contributed by atoms with Crippen molar-refractivity contribution in [1.82, 2.24) is 15.1 Å². The molecule has 5 nitrogen and oxygen atoms in total. The van der Waals surface area contributed by atoms with Gasteiger partial charge in [-0.1, -0.05) is 30.3 Å². The van der Waals surface area contributed by atoms with Gasteiger partial charge in [-0.25, -0.2) is 0 Å². The molecule has 1 amide bonds. The number of benzene rings is 1. The summed E-state index contributed by atoms with van der Waals surface area (Å²) < 4.78 is 0. The predicted octanol–water partition coefficient (Wildman–Crippen LogP) is 3.77. The smallest absolute Gasteiger partial charge is 0.261 e. The molecule has 2 saturated heterocycles. The Bertz CT molecular complexity index is 808. The molecular weight excluding hydrogens is 392 g/mol. The van der Waals surface area contributed by atoms with Crippen molar-refractivity contribution < 1.29 is 4.79 Å². The van der Waals surface area contributed by atoms with Gasteiger partial charge in [-0.3, -0.25) is 4.79 Å². The summed E-state index contributed by atoms with van der Waals surface area (Å²) in [5.74, 6) is 0.0684. The van der Waals surface area contributed by atoms with Crippen LogP contribution < -0.4 is 10.2 Å². The highest BCUT2D eigenvalue weighted by Gasteiger charge is 2.21. The van der Waals surface area contributed by atoms with Gasteiger partial charge in [0.2, 0.25) is 0 Å². The summed E-state index contributed by atoms with van der Waals surface area (Å²) >= 11 is 1.65. The molecule has 2 aliphatic rings. The maximum Gasteiger partial charge on any atom is 0.261 e. The third-order valence-corrected chi connectivity index (χ3v) is 7.39. The van der Waals surface area contributed by atoms with Crippen LogP contribution >= 0.6 is 11.3 Å². The number of piperazine rings is 1. The summed E-state index contributed by atoms with van der Waals surface area (Å²) in [6, 6.07) is 12.6. The van der Waals surface area contributed by atoms with Crippen molar-refractivity contribution in [3.05, 3.63) is 41.3 Å². The van der Waals surface area contributed by atoms with Crippen LogP contribution in [0.25, 0.3) is 11.1 Å². The lowest BCUT2D eigenvalue weighted by molar-refractivity contribution is 0.0953. The third kappa shape index (κ3) is 5.42. The Labute approximate surface area is 184 Å². The molecule has 0 radical (unpaired) electrons. The molecule has 0 unspecified atom stereocenters. The van der Waals surface area contributed by atoms with Gasteiger partial charge in [-0.2, -0.15) is 0 Å². The van der Waals surface area contributed by atoms with Gasteiger partial charge < -0.3 is 20.0 Å². The molecule has 1 aromatic carbocycles. The van der Waals surface area contributed by atoms with Crippen molar-refractivity contribution in [3.63, 3.8) is 0 Å². The zero-order valence-electron chi connectivity index (χ0n) is 18.1. The van der Waals surface area contributed by atoms with Gasteiger partial charge in [0.25, 0.3) is 5.91 Å². The van der Waals surface area contributed by atoms with Crippen LogP contribution in [0.15, 0.2) is 36.4 Å². The number of hydrogen-bond donors (Lipinski definition) is 1. The number of carbonyl (C=O) groups is 1. The normalized spacial score (nSPS) is 18.5. The number of thiophene rings is 1. The van der Waals surface area contributed by atoms with Crippen LogP contribution in [-0.2, 0) is 0 Å². The molecule has 0 atom stereocenters. The highest BCUT2D eigenvalue weighted by Crippen LogP contribution is 2.40. The van der Waals surface area contributed by atoms with E-state index in [1.165, 1.54) is 35.4 Å². The fraction of sp³-hybridized carbons (Fsp3) is 0.542. The van der Waals surface area contributed by atoms with Crippen LogP contribution in [-0.4, -0.2) is 75.1 Å². The highest BCUT2D eigenvalue weighted by atomic mass is 32.1. The van der Waals surface area contributed by atoms with Crippen LogP contribution in [0.5, 0.6) is 0 Å². The zero-order chi connectivity index (χ0) is 20.8. The lowest BCUT2D eigenvalue weighted by Crippen LogP contribution is -2.45. The van der Waals surface area contributed by atoms with E-state index in [0.717, 1.165) is 63.7 Å². The van der Waals surface area contributed by atoms with E-state index in [1.54, 1.807) is 11.3 Å². The summed E-state index contributed by atoms with van der Waals surface area (Å²) in [5.41, 5.74) is 2.40. The van der Waals surface area contributed by atoms with Crippen molar-refractivity contribution in [2.24, 2.45) is 0 Å². The molecule has 6 heteroatoms. The summed E-state index contributed by atoms with van der Waals surface area (Å²) in [4.78, 5) is 21.1. The van der Waals surface area contributed by atoms with Gasteiger partial charge in [-0.15, -0.1) is 11.3 Å². The van der Waals surface area contributed by atoms with E-state index in [1.807, 2.05) is 6.07 Å². The number of piperidine rings is 1. The number of anilines is 1. The molecule has 2 fully saturated rings. The van der Waals surface area contributed by atoms with Gasteiger partial charge in [0, 0.05) is 51.4 Å². The molecule has 0 spiro atoms. The summed E-state index contributed by atoms with van der Waals surface area (Å²) in [5, 5.41) is 4.41. The first kappa shape index (κ1) is 21.3. The van der Waals surface area contributed by atoms with Crippen LogP contribution in [0, 0.1) is 0 Å². The van der Waals surface area contributed by atoms with Gasteiger partial charge in [0.1, 0.15) is 0 Å². The van der Waals surface area contributed by atoms with E-state index in [-0.39, 0.29) is 5.91 Å². The van der Waals surface area contributed by atoms with Crippen LogP contribution in [0.4, 0.5) is 5.00 Å². The SMILES string of the molecule is CN1CCN(CCCNC(=O)c2cc(-c3ccccc3)c(N3CCCCC3)s2)CC1. The van der Waals surface area contributed by atoms with Gasteiger partial charge in [0.15, 0.2) is 0 Å². The van der Waals surface area contributed by atoms with Crippen molar-refractivity contribution in [2.45, 2.75) is 25.7 Å². The Morgan fingerprint density at radius 3 is 2.47 bits per heavy atom. The second-order valence-corrected chi connectivity index (χ2v) is 9.53. The molecule has 0 bridgehead atoms. The molecule has 3 heterocycles. The molecule has 30 heavy (non-hydrogen) atoms. The average molecular weight is 427 g/mol. The molecule has 162 valence electrons. The summed E-state index contributed by atoms with van der Waals surface area (Å²) in [7, 11) is 2.18. The van der Waals surface area contributed by atoms with Crippen LogP contribution in [0.1, 0.15) is 35.4 Å². The predicted molar refractivity (Wildman–Crippen MR) is 127 cm³/mol. The lowest BCUT2D eigenvalue weighted by atomic mass is 10.1. The second kappa shape index (κ2) is 10.4. The third-order valence-electron chi connectivity index (χ3n) is 6.20. The number of amides is 1. The van der Waals surface area contributed by atoms with Crippen LogP contribution in [0.2, 0.25) is 0 Å². The molecule has 1 aromatic heterocycles. The number of rotatable bonds is 7. The molecule has 0 saturated carbocycles. The molecule has 0 aliphatic carbocycles. The van der Waals surface area contributed by atoms with Crippen molar-refractivity contribution in [1.29, 1.82) is 0 Å². The zero-order valence-corrected chi connectivity index (χ0v) is 18.9. The second-order valence-electron chi connectivity index (χ2n) is 8.50. The lowest BCUT2D eigenvalue weighted by Gasteiger charge is -2.32. The molecule has 2 aromatic rings. The largest absolute Gasteiger partial charge is 0.363 e. The monoisotopic (exact) mass is 426 g/mol. The number of nitrogens with zero attached hydrogens (tertiary/aromatic N) is 3. The fourth-order valence-corrected chi connectivity index (χ4v) is 5.46. The van der Waals surface area contributed by atoms with E-state index in [2.05, 4.69) is 57.4 Å². The van der Waals surface area contributed by atoms with E-state index in [9.17, 15) is 4.79 Å². The first-order valence-corrected chi connectivity index (χ1v) is 12.2. The molecular formula is C24H34N4OS. The Hall–Kier alpha value is -1.89. The Balaban J connectivity index is 1.38. The minimum atomic E-state index is 0.0684. The van der Waals surface area contributed by atoms with E-state index >= 15 is 0 Å². The molecule has 2 aliphatic heterocycles. The van der Waals surface area contributed by atoms with E-state index < -0.39 is 0 Å². The standard InChI is InChI=1S/C24H34N4OS/c1-26-15-17-27(18-16-26)12-8-11-25-23(29)22-19-21(20-9-4-2-5-10-20)24(30-22)28-13-6-3-7-14-28/h2,4-5,9-10,19H,3,6-8,11-18H2,1H3,(H,25,29). The molecule has 1 N–H and O–H groups in total. The topological polar surface area (TPSA) is 38.8 Å². The maximum absolute atomic E-state index is 12.9. The first-order valence-electron chi connectivity index (χ1n) is 11.3. The number of carbonyl (C=O) groups excluding carboxylic acids is 1.